The van der Waals surface area contributed by atoms with E-state index in [1.54, 1.807) is 0 Å². The van der Waals surface area contributed by atoms with Crippen molar-refractivity contribution < 1.29 is 9.47 Å². The van der Waals surface area contributed by atoms with E-state index >= 15 is 0 Å². The highest BCUT2D eigenvalue weighted by Gasteiger charge is 2.16. The van der Waals surface area contributed by atoms with Crippen LogP contribution in [0.5, 0.6) is 11.5 Å². The van der Waals surface area contributed by atoms with Crippen LogP contribution in [0.1, 0.15) is 12.5 Å². The predicted octanol–water partition coefficient (Wildman–Crippen LogP) is 3.05. The predicted molar refractivity (Wildman–Crippen MR) is 80.4 cm³/mol. The van der Waals surface area contributed by atoms with Gasteiger partial charge in [0.05, 0.1) is 16.4 Å². The Morgan fingerprint density at radius 2 is 2.20 bits per heavy atom. The molecule has 1 aliphatic rings. The number of aromatic nitrogens is 2. The van der Waals surface area contributed by atoms with Gasteiger partial charge in [-0.25, -0.2) is 0 Å². The van der Waals surface area contributed by atoms with Gasteiger partial charge in [-0.3, -0.25) is 4.68 Å². The lowest BCUT2D eigenvalue weighted by atomic mass is 10.2. The SMILES string of the molecule is CCn1cc(NCc2cc(Br)c3c(c2)OCCO3)cn1. The first kappa shape index (κ1) is 13.3. The molecular formula is C14H16BrN3O2. The molecule has 2 heterocycles. The van der Waals surface area contributed by atoms with E-state index in [2.05, 4.69) is 33.3 Å². The van der Waals surface area contributed by atoms with Gasteiger partial charge in [0.15, 0.2) is 11.5 Å². The molecule has 0 radical (unpaired) electrons. The number of hydrogen-bond donors (Lipinski definition) is 1. The van der Waals surface area contributed by atoms with Crippen molar-refractivity contribution in [2.45, 2.75) is 20.0 Å². The van der Waals surface area contributed by atoms with Gasteiger partial charge >= 0.3 is 0 Å². The lowest BCUT2D eigenvalue weighted by Crippen LogP contribution is -2.16. The molecule has 5 nitrogen and oxygen atoms in total. The lowest BCUT2D eigenvalue weighted by molar-refractivity contribution is 0.170. The zero-order chi connectivity index (χ0) is 13.9. The molecule has 1 N–H and O–H groups in total. The zero-order valence-corrected chi connectivity index (χ0v) is 12.8. The molecule has 1 aliphatic heterocycles. The largest absolute Gasteiger partial charge is 0.486 e. The fraction of sp³-hybridized carbons (Fsp3) is 0.357. The Labute approximate surface area is 126 Å². The van der Waals surface area contributed by atoms with E-state index in [1.807, 2.05) is 29.2 Å². The van der Waals surface area contributed by atoms with Crippen molar-refractivity contribution in [3.8, 4) is 11.5 Å². The third kappa shape index (κ3) is 2.75. The normalized spacial score (nSPS) is 13.3. The molecule has 2 aromatic rings. The fourth-order valence-corrected chi connectivity index (χ4v) is 2.70. The molecule has 0 fully saturated rings. The smallest absolute Gasteiger partial charge is 0.175 e. The summed E-state index contributed by atoms with van der Waals surface area (Å²) < 4.78 is 14.0. The first-order valence-corrected chi connectivity index (χ1v) is 7.40. The van der Waals surface area contributed by atoms with Crippen LogP contribution in [0.4, 0.5) is 5.69 Å². The molecule has 0 bridgehead atoms. The second kappa shape index (κ2) is 5.75. The molecule has 0 saturated carbocycles. The molecule has 0 unspecified atom stereocenters. The summed E-state index contributed by atoms with van der Waals surface area (Å²) in [4.78, 5) is 0. The maximum absolute atomic E-state index is 5.62. The van der Waals surface area contributed by atoms with Gasteiger partial charge in [-0.15, -0.1) is 0 Å². The van der Waals surface area contributed by atoms with Gasteiger partial charge in [0, 0.05) is 19.3 Å². The Balaban J connectivity index is 1.72. The second-order valence-corrected chi connectivity index (χ2v) is 5.39. The van der Waals surface area contributed by atoms with E-state index in [-0.39, 0.29) is 0 Å². The van der Waals surface area contributed by atoms with E-state index < -0.39 is 0 Å². The van der Waals surface area contributed by atoms with E-state index in [4.69, 9.17) is 9.47 Å². The van der Waals surface area contributed by atoms with Crippen molar-refractivity contribution in [2.24, 2.45) is 0 Å². The number of ether oxygens (including phenoxy) is 2. The van der Waals surface area contributed by atoms with E-state index in [0.29, 0.717) is 19.8 Å². The fourth-order valence-electron chi connectivity index (χ4n) is 2.10. The summed E-state index contributed by atoms with van der Waals surface area (Å²) in [6.45, 7) is 4.84. The number of rotatable bonds is 4. The van der Waals surface area contributed by atoms with Crippen molar-refractivity contribution in [2.75, 3.05) is 18.5 Å². The summed E-state index contributed by atoms with van der Waals surface area (Å²) in [5.74, 6) is 1.59. The van der Waals surface area contributed by atoms with Gasteiger partial charge in [0.25, 0.3) is 0 Å². The first-order chi connectivity index (χ1) is 9.76. The molecule has 0 aliphatic carbocycles. The average Bonchev–Trinajstić information content (AvgIpc) is 2.93. The maximum atomic E-state index is 5.62. The quantitative estimate of drug-likeness (QED) is 0.931. The topological polar surface area (TPSA) is 48.3 Å². The number of nitrogens with one attached hydrogen (secondary N) is 1. The van der Waals surface area contributed by atoms with Gasteiger partial charge < -0.3 is 14.8 Å². The Kier molecular flexibility index (Phi) is 3.82. The van der Waals surface area contributed by atoms with Crippen LogP contribution in [0.3, 0.4) is 0 Å². The van der Waals surface area contributed by atoms with Crippen LogP contribution < -0.4 is 14.8 Å². The average molecular weight is 338 g/mol. The van der Waals surface area contributed by atoms with Crippen molar-refractivity contribution in [1.82, 2.24) is 9.78 Å². The summed E-state index contributed by atoms with van der Waals surface area (Å²) >= 11 is 3.53. The Morgan fingerprint density at radius 1 is 1.35 bits per heavy atom. The summed E-state index contributed by atoms with van der Waals surface area (Å²) in [6, 6.07) is 4.06. The van der Waals surface area contributed by atoms with Crippen molar-refractivity contribution in [3.05, 3.63) is 34.6 Å². The lowest BCUT2D eigenvalue weighted by Gasteiger charge is -2.20. The minimum absolute atomic E-state index is 0.597. The summed E-state index contributed by atoms with van der Waals surface area (Å²) in [5.41, 5.74) is 2.14. The number of aryl methyl sites for hydroxylation is 1. The molecule has 0 spiro atoms. The van der Waals surface area contributed by atoms with Gasteiger partial charge in [-0.2, -0.15) is 5.10 Å². The maximum Gasteiger partial charge on any atom is 0.175 e. The Bertz CT molecular complexity index is 612. The molecule has 1 aromatic heterocycles. The molecular weight excluding hydrogens is 322 g/mol. The molecule has 6 heteroatoms. The van der Waals surface area contributed by atoms with Crippen LogP contribution in [-0.2, 0) is 13.1 Å². The molecule has 0 amide bonds. The summed E-state index contributed by atoms with van der Waals surface area (Å²) in [6.07, 6.45) is 3.82. The van der Waals surface area contributed by atoms with Crippen LogP contribution in [0.2, 0.25) is 0 Å². The van der Waals surface area contributed by atoms with E-state index in [9.17, 15) is 0 Å². The van der Waals surface area contributed by atoms with Crippen molar-refractivity contribution >= 4 is 21.6 Å². The number of anilines is 1. The standard InChI is InChI=1S/C14H16BrN3O2/c1-2-18-9-11(8-17-18)16-7-10-5-12(15)14-13(6-10)19-3-4-20-14/h5-6,8-9,16H,2-4,7H2,1H3. The van der Waals surface area contributed by atoms with Gasteiger partial charge in [-0.1, -0.05) is 0 Å². The molecule has 106 valence electrons. The second-order valence-electron chi connectivity index (χ2n) is 4.54. The third-order valence-corrected chi connectivity index (χ3v) is 3.70. The van der Waals surface area contributed by atoms with Gasteiger partial charge in [0.1, 0.15) is 13.2 Å². The summed E-state index contributed by atoms with van der Waals surface area (Å²) in [7, 11) is 0. The minimum Gasteiger partial charge on any atom is -0.486 e. The van der Waals surface area contributed by atoms with Crippen LogP contribution in [-0.4, -0.2) is 23.0 Å². The highest BCUT2D eigenvalue weighted by molar-refractivity contribution is 9.10. The van der Waals surface area contributed by atoms with Gasteiger partial charge in [0.2, 0.25) is 0 Å². The number of halogens is 1. The minimum atomic E-state index is 0.597. The number of benzene rings is 1. The van der Waals surface area contributed by atoms with E-state index in [0.717, 1.165) is 33.8 Å². The highest BCUT2D eigenvalue weighted by atomic mass is 79.9. The molecule has 20 heavy (non-hydrogen) atoms. The highest BCUT2D eigenvalue weighted by Crippen LogP contribution is 2.38. The molecule has 3 rings (SSSR count). The molecule has 0 saturated heterocycles. The van der Waals surface area contributed by atoms with Gasteiger partial charge in [-0.05, 0) is 40.5 Å². The van der Waals surface area contributed by atoms with Crippen LogP contribution >= 0.6 is 15.9 Å². The number of nitrogens with zero attached hydrogens (tertiary/aromatic N) is 2. The van der Waals surface area contributed by atoms with E-state index in [1.165, 1.54) is 0 Å². The zero-order valence-electron chi connectivity index (χ0n) is 11.2. The van der Waals surface area contributed by atoms with Crippen LogP contribution in [0.25, 0.3) is 0 Å². The van der Waals surface area contributed by atoms with Crippen LogP contribution in [0.15, 0.2) is 29.0 Å². The first-order valence-electron chi connectivity index (χ1n) is 6.60. The molecule has 0 atom stereocenters. The van der Waals surface area contributed by atoms with Crippen molar-refractivity contribution in [1.29, 1.82) is 0 Å². The Morgan fingerprint density at radius 3 is 3.00 bits per heavy atom. The van der Waals surface area contributed by atoms with Crippen molar-refractivity contribution in [3.63, 3.8) is 0 Å². The number of hydrogen-bond acceptors (Lipinski definition) is 4. The third-order valence-electron chi connectivity index (χ3n) is 3.11. The monoisotopic (exact) mass is 337 g/mol. The number of fused-ring (bicyclic) bond motifs is 1. The van der Waals surface area contributed by atoms with Crippen LogP contribution in [0, 0.1) is 0 Å². The molecule has 1 aromatic carbocycles. The summed E-state index contributed by atoms with van der Waals surface area (Å²) in [5, 5.41) is 7.58. The Hall–Kier alpha value is -1.69.